The van der Waals surface area contributed by atoms with E-state index in [-0.39, 0.29) is 6.04 Å². The summed E-state index contributed by atoms with van der Waals surface area (Å²) in [5.41, 5.74) is 0. The Morgan fingerprint density at radius 2 is 2.43 bits per heavy atom. The van der Waals surface area contributed by atoms with Crippen LogP contribution in [0.2, 0.25) is 0 Å². The molecule has 0 radical (unpaired) electrons. The van der Waals surface area contributed by atoms with Crippen molar-refractivity contribution < 1.29 is 0 Å². The van der Waals surface area contributed by atoms with Crippen molar-refractivity contribution in [1.29, 1.82) is 0 Å². The second kappa shape index (κ2) is 5.61. The van der Waals surface area contributed by atoms with Crippen LogP contribution in [0.5, 0.6) is 0 Å². The van der Waals surface area contributed by atoms with Crippen LogP contribution in [0.4, 0.5) is 5.13 Å². The summed E-state index contributed by atoms with van der Waals surface area (Å²) in [6, 6.07) is 0.266. The second-order valence-electron chi connectivity index (χ2n) is 3.22. The molecular weight excluding hydrogens is 194 g/mol. The zero-order valence-electron chi connectivity index (χ0n) is 8.58. The van der Waals surface area contributed by atoms with Gasteiger partial charge in [-0.1, -0.05) is 6.92 Å². The molecule has 14 heavy (non-hydrogen) atoms. The minimum Gasteiger partial charge on any atom is -0.357 e. The predicted octanol–water partition coefficient (Wildman–Crippen LogP) is 2.31. The normalized spacial score (nSPS) is 12.1. The van der Waals surface area contributed by atoms with Gasteiger partial charge in [-0.25, -0.2) is 4.98 Å². The van der Waals surface area contributed by atoms with Crippen molar-refractivity contribution in [2.45, 2.75) is 39.2 Å². The summed E-state index contributed by atoms with van der Waals surface area (Å²) in [5.74, 6) is 3.54. The largest absolute Gasteiger partial charge is 0.357 e. The molecule has 1 rings (SSSR count). The molecule has 0 aliphatic heterocycles. The van der Waals surface area contributed by atoms with Crippen LogP contribution in [-0.4, -0.2) is 15.4 Å². The molecule has 0 bridgehead atoms. The summed E-state index contributed by atoms with van der Waals surface area (Å²) >= 11 is 1.40. The van der Waals surface area contributed by atoms with Crippen LogP contribution in [0.3, 0.4) is 0 Å². The van der Waals surface area contributed by atoms with Crippen molar-refractivity contribution in [3.05, 3.63) is 5.82 Å². The Morgan fingerprint density at radius 3 is 3.07 bits per heavy atom. The number of nitrogens with one attached hydrogen (secondary N) is 1. The third kappa shape index (κ3) is 3.35. The van der Waals surface area contributed by atoms with Crippen molar-refractivity contribution in [2.75, 3.05) is 5.32 Å². The van der Waals surface area contributed by atoms with Gasteiger partial charge in [-0.05, 0) is 13.3 Å². The van der Waals surface area contributed by atoms with Gasteiger partial charge >= 0.3 is 0 Å². The standard InChI is InChI=1S/C10H15N3S/c1-4-6-8(3)11-10-12-9(7-5-2)13-14-10/h1,8H,5-7H2,2-3H3,(H,11,12,13). The molecule has 0 saturated heterocycles. The number of aryl methyl sites for hydroxylation is 1. The molecule has 4 heteroatoms. The minimum absolute atomic E-state index is 0.266. The second-order valence-corrected chi connectivity index (χ2v) is 3.97. The molecular formula is C10H15N3S. The number of nitrogens with zero attached hydrogens (tertiary/aromatic N) is 2. The smallest absolute Gasteiger partial charge is 0.202 e. The van der Waals surface area contributed by atoms with Gasteiger partial charge in [0.15, 0.2) is 0 Å². The molecule has 76 valence electrons. The Morgan fingerprint density at radius 1 is 1.64 bits per heavy atom. The summed E-state index contributed by atoms with van der Waals surface area (Å²) in [5, 5.41) is 4.10. The third-order valence-corrected chi connectivity index (χ3v) is 2.42. The number of hydrogen-bond donors (Lipinski definition) is 1. The maximum Gasteiger partial charge on any atom is 0.202 e. The number of anilines is 1. The van der Waals surface area contributed by atoms with E-state index in [9.17, 15) is 0 Å². The fraction of sp³-hybridized carbons (Fsp3) is 0.600. The van der Waals surface area contributed by atoms with Crippen LogP contribution in [0.15, 0.2) is 0 Å². The number of rotatable bonds is 5. The molecule has 0 spiro atoms. The van der Waals surface area contributed by atoms with E-state index in [1.165, 1.54) is 11.5 Å². The monoisotopic (exact) mass is 209 g/mol. The van der Waals surface area contributed by atoms with Crippen LogP contribution < -0.4 is 5.32 Å². The van der Waals surface area contributed by atoms with Gasteiger partial charge in [-0.3, -0.25) is 0 Å². The van der Waals surface area contributed by atoms with Crippen molar-refractivity contribution in [1.82, 2.24) is 9.36 Å². The highest BCUT2D eigenvalue weighted by molar-refractivity contribution is 7.09. The number of terminal acetylenes is 1. The molecule has 1 aromatic heterocycles. The van der Waals surface area contributed by atoms with Gasteiger partial charge in [0, 0.05) is 30.4 Å². The molecule has 3 nitrogen and oxygen atoms in total. The first-order valence-electron chi connectivity index (χ1n) is 4.78. The Balaban J connectivity index is 2.47. The zero-order chi connectivity index (χ0) is 10.4. The van der Waals surface area contributed by atoms with E-state index >= 15 is 0 Å². The van der Waals surface area contributed by atoms with E-state index in [1.807, 2.05) is 6.92 Å². The summed E-state index contributed by atoms with van der Waals surface area (Å²) in [4.78, 5) is 4.35. The van der Waals surface area contributed by atoms with E-state index in [4.69, 9.17) is 6.42 Å². The molecule has 0 aliphatic rings. The summed E-state index contributed by atoms with van der Waals surface area (Å²) in [6.45, 7) is 4.16. The lowest BCUT2D eigenvalue weighted by atomic mass is 10.2. The third-order valence-electron chi connectivity index (χ3n) is 1.74. The highest BCUT2D eigenvalue weighted by Gasteiger charge is 2.05. The SMILES string of the molecule is C#CCC(C)Nc1nc(CCC)ns1. The quantitative estimate of drug-likeness (QED) is 0.756. The van der Waals surface area contributed by atoms with Gasteiger partial charge < -0.3 is 5.32 Å². The molecule has 0 aliphatic carbocycles. The summed E-state index contributed by atoms with van der Waals surface area (Å²) in [6.07, 6.45) is 7.95. The molecule has 0 fully saturated rings. The predicted molar refractivity (Wildman–Crippen MR) is 60.4 cm³/mol. The van der Waals surface area contributed by atoms with Gasteiger partial charge in [0.1, 0.15) is 5.82 Å². The Kier molecular flexibility index (Phi) is 4.41. The number of hydrogen-bond acceptors (Lipinski definition) is 4. The van der Waals surface area contributed by atoms with Crippen molar-refractivity contribution in [2.24, 2.45) is 0 Å². The zero-order valence-corrected chi connectivity index (χ0v) is 9.40. The Hall–Kier alpha value is -1.08. The highest BCUT2D eigenvalue weighted by atomic mass is 32.1. The minimum atomic E-state index is 0.266. The van der Waals surface area contributed by atoms with Crippen molar-refractivity contribution >= 4 is 16.7 Å². The van der Waals surface area contributed by atoms with Gasteiger partial charge in [-0.2, -0.15) is 4.37 Å². The topological polar surface area (TPSA) is 37.8 Å². The van der Waals surface area contributed by atoms with Crippen LogP contribution in [-0.2, 0) is 6.42 Å². The molecule has 1 N–H and O–H groups in total. The van der Waals surface area contributed by atoms with E-state index in [1.54, 1.807) is 0 Å². The fourth-order valence-electron chi connectivity index (χ4n) is 1.08. The molecule has 1 unspecified atom stereocenters. The Labute approximate surface area is 89.1 Å². The van der Waals surface area contributed by atoms with E-state index in [0.717, 1.165) is 23.8 Å². The van der Waals surface area contributed by atoms with Gasteiger partial charge in [-0.15, -0.1) is 12.3 Å². The van der Waals surface area contributed by atoms with Gasteiger partial charge in [0.2, 0.25) is 5.13 Å². The summed E-state index contributed by atoms with van der Waals surface area (Å²) < 4.78 is 4.24. The Bertz CT molecular complexity index is 313. The lowest BCUT2D eigenvalue weighted by Crippen LogP contribution is -2.13. The van der Waals surface area contributed by atoms with Crippen molar-refractivity contribution in [3.8, 4) is 12.3 Å². The van der Waals surface area contributed by atoms with E-state index in [2.05, 4.69) is 27.5 Å². The highest BCUT2D eigenvalue weighted by Crippen LogP contribution is 2.13. The molecule has 1 heterocycles. The molecule has 1 atom stereocenters. The number of aromatic nitrogens is 2. The van der Waals surface area contributed by atoms with Crippen LogP contribution in [0.25, 0.3) is 0 Å². The van der Waals surface area contributed by atoms with E-state index in [0.29, 0.717) is 6.42 Å². The van der Waals surface area contributed by atoms with Crippen LogP contribution in [0.1, 0.15) is 32.5 Å². The molecule has 0 aromatic carbocycles. The van der Waals surface area contributed by atoms with Crippen molar-refractivity contribution in [3.63, 3.8) is 0 Å². The molecule has 0 saturated carbocycles. The van der Waals surface area contributed by atoms with Gasteiger partial charge in [0.25, 0.3) is 0 Å². The van der Waals surface area contributed by atoms with Crippen LogP contribution >= 0.6 is 11.5 Å². The first kappa shape index (κ1) is 11.0. The van der Waals surface area contributed by atoms with E-state index < -0.39 is 0 Å². The summed E-state index contributed by atoms with van der Waals surface area (Å²) in [7, 11) is 0. The fourth-order valence-corrected chi connectivity index (χ4v) is 1.80. The molecule has 1 aromatic rings. The van der Waals surface area contributed by atoms with Crippen LogP contribution in [0, 0.1) is 12.3 Å². The average Bonchev–Trinajstić information content (AvgIpc) is 2.53. The first-order valence-corrected chi connectivity index (χ1v) is 5.56. The van der Waals surface area contributed by atoms with Gasteiger partial charge in [0.05, 0.1) is 0 Å². The maximum atomic E-state index is 5.21. The average molecular weight is 209 g/mol. The lowest BCUT2D eigenvalue weighted by molar-refractivity contribution is 0.818. The maximum absolute atomic E-state index is 5.21. The molecule has 0 amide bonds. The lowest BCUT2D eigenvalue weighted by Gasteiger charge is -2.07. The first-order chi connectivity index (χ1) is 6.76.